The third kappa shape index (κ3) is 4.29. The van der Waals surface area contributed by atoms with Crippen LogP contribution in [-0.4, -0.2) is 48.5 Å². The van der Waals surface area contributed by atoms with Gasteiger partial charge in [-0.05, 0) is 49.8 Å². The smallest absolute Gasteiger partial charge is 0.325 e. The van der Waals surface area contributed by atoms with Crippen LogP contribution in [0.4, 0.5) is 5.69 Å². The molecule has 2 saturated heterocycles. The van der Waals surface area contributed by atoms with Crippen molar-refractivity contribution >= 4 is 22.8 Å². The molecule has 2 aromatic heterocycles. The number of imidazole rings is 1. The summed E-state index contributed by atoms with van der Waals surface area (Å²) in [4.78, 5) is 47.2. The van der Waals surface area contributed by atoms with Crippen molar-refractivity contribution in [3.05, 3.63) is 87.3 Å². The van der Waals surface area contributed by atoms with E-state index in [1.54, 1.807) is 30.6 Å². The molecule has 2 aliphatic rings. The molecule has 0 spiro atoms. The zero-order valence-corrected chi connectivity index (χ0v) is 20.8. The van der Waals surface area contributed by atoms with Gasteiger partial charge in [0.25, 0.3) is 5.56 Å². The molecule has 2 unspecified atom stereocenters. The highest BCUT2D eigenvalue weighted by molar-refractivity contribution is 5.91. The van der Waals surface area contributed by atoms with Crippen molar-refractivity contribution in [1.29, 1.82) is 0 Å². The Hall–Kier alpha value is -3.98. The standard InChI is InChI=1S/C28H30N6O3/c1-18(35)30-23-9-5-6-10-24(23)34-27-25(26(36)31-28(34)37)29-17-33(27)22-15-20-11-12-21(16-22)32(20)14-13-19-7-3-2-4-8-19/h2-10,17,20-22H,11-16H2,1H3,(H,30,35)(H,31,36,37). The van der Waals surface area contributed by atoms with Gasteiger partial charge < -0.3 is 9.88 Å². The second-order valence-electron chi connectivity index (χ2n) is 10.1. The minimum absolute atomic E-state index is 0.121. The number of nitrogens with one attached hydrogen (secondary N) is 2. The number of carbonyl (C=O) groups is 1. The Balaban J connectivity index is 1.36. The van der Waals surface area contributed by atoms with Gasteiger partial charge >= 0.3 is 5.69 Å². The molecule has 9 nitrogen and oxygen atoms in total. The summed E-state index contributed by atoms with van der Waals surface area (Å²) in [6, 6.07) is 18.7. The number of anilines is 1. The molecule has 190 valence electrons. The Morgan fingerprint density at radius 1 is 1.00 bits per heavy atom. The summed E-state index contributed by atoms with van der Waals surface area (Å²) in [5.74, 6) is -0.242. The van der Waals surface area contributed by atoms with Gasteiger partial charge in [0.05, 0.1) is 17.7 Å². The first-order chi connectivity index (χ1) is 18.0. The Labute approximate surface area is 213 Å². The zero-order chi connectivity index (χ0) is 25.5. The molecule has 2 N–H and O–H groups in total. The van der Waals surface area contributed by atoms with Crippen molar-refractivity contribution in [1.82, 2.24) is 24.0 Å². The van der Waals surface area contributed by atoms with Crippen molar-refractivity contribution in [3.8, 4) is 5.69 Å². The molecule has 0 saturated carbocycles. The fraction of sp³-hybridized carbons (Fsp3) is 0.357. The van der Waals surface area contributed by atoms with Gasteiger partial charge in [0.1, 0.15) is 0 Å². The number of piperidine rings is 1. The fourth-order valence-corrected chi connectivity index (χ4v) is 6.24. The Morgan fingerprint density at radius 2 is 1.70 bits per heavy atom. The number of rotatable bonds is 6. The number of para-hydroxylation sites is 2. The van der Waals surface area contributed by atoms with Crippen LogP contribution in [0.5, 0.6) is 0 Å². The van der Waals surface area contributed by atoms with Crippen LogP contribution in [0.1, 0.15) is 44.2 Å². The average Bonchev–Trinajstić information content (AvgIpc) is 3.42. The van der Waals surface area contributed by atoms with Crippen LogP contribution in [-0.2, 0) is 11.2 Å². The molecule has 9 heteroatoms. The lowest BCUT2D eigenvalue weighted by Crippen LogP contribution is -2.44. The third-order valence-corrected chi connectivity index (χ3v) is 7.83. The number of H-pyrrole nitrogens is 1. The first kappa shape index (κ1) is 23.4. The zero-order valence-electron chi connectivity index (χ0n) is 20.8. The second-order valence-corrected chi connectivity index (χ2v) is 10.1. The van der Waals surface area contributed by atoms with Crippen molar-refractivity contribution in [2.75, 3.05) is 11.9 Å². The van der Waals surface area contributed by atoms with E-state index in [0.717, 1.165) is 38.6 Å². The fourth-order valence-electron chi connectivity index (χ4n) is 6.24. The van der Waals surface area contributed by atoms with Gasteiger partial charge in [-0.1, -0.05) is 42.5 Å². The minimum Gasteiger partial charge on any atom is -0.325 e. The predicted molar refractivity (Wildman–Crippen MR) is 142 cm³/mol. The van der Waals surface area contributed by atoms with Crippen LogP contribution in [0.2, 0.25) is 0 Å². The SMILES string of the molecule is CC(=O)Nc1ccccc1-n1c(=O)[nH]c(=O)c2ncn(C3CC4CCC(C3)N4CCc3ccccc3)c21. The molecular weight excluding hydrogens is 468 g/mol. The summed E-state index contributed by atoms with van der Waals surface area (Å²) in [5.41, 5.74) is 1.97. The first-order valence-corrected chi connectivity index (χ1v) is 12.9. The number of hydrogen-bond donors (Lipinski definition) is 2. The second kappa shape index (κ2) is 9.48. The first-order valence-electron chi connectivity index (χ1n) is 12.9. The molecule has 6 rings (SSSR count). The highest BCUT2D eigenvalue weighted by Crippen LogP contribution is 2.41. The van der Waals surface area contributed by atoms with Crippen LogP contribution in [0.15, 0.2) is 70.5 Å². The van der Waals surface area contributed by atoms with Gasteiger partial charge in [0.15, 0.2) is 11.2 Å². The highest BCUT2D eigenvalue weighted by atomic mass is 16.2. The molecule has 2 bridgehead atoms. The molecule has 4 aromatic rings. The largest absolute Gasteiger partial charge is 0.334 e. The van der Waals surface area contributed by atoms with E-state index in [0.29, 0.717) is 29.1 Å². The number of carbonyl (C=O) groups excluding carboxylic acids is 1. The number of fused-ring (bicyclic) bond motifs is 3. The molecule has 0 aliphatic carbocycles. The molecule has 0 radical (unpaired) electrons. The van der Waals surface area contributed by atoms with Gasteiger partial charge in [-0.25, -0.2) is 14.3 Å². The van der Waals surface area contributed by atoms with E-state index in [9.17, 15) is 14.4 Å². The molecule has 2 aromatic carbocycles. The summed E-state index contributed by atoms with van der Waals surface area (Å²) < 4.78 is 3.48. The van der Waals surface area contributed by atoms with Crippen LogP contribution in [0.25, 0.3) is 16.9 Å². The van der Waals surface area contributed by atoms with Crippen LogP contribution in [0, 0.1) is 0 Å². The van der Waals surface area contributed by atoms with Crippen LogP contribution < -0.4 is 16.6 Å². The normalized spacial score (nSPS) is 21.4. The lowest BCUT2D eigenvalue weighted by Gasteiger charge is -2.39. The molecular formula is C28H30N6O3. The maximum Gasteiger partial charge on any atom is 0.334 e. The summed E-state index contributed by atoms with van der Waals surface area (Å²) in [6.45, 7) is 2.46. The number of nitrogens with zero attached hydrogens (tertiary/aromatic N) is 4. The molecule has 2 fully saturated rings. The number of aromatic nitrogens is 4. The van der Waals surface area contributed by atoms with E-state index in [4.69, 9.17) is 0 Å². The monoisotopic (exact) mass is 498 g/mol. The lowest BCUT2D eigenvalue weighted by molar-refractivity contribution is -0.114. The summed E-state index contributed by atoms with van der Waals surface area (Å²) in [7, 11) is 0. The summed E-state index contributed by atoms with van der Waals surface area (Å²) in [6.07, 6.45) is 6.90. The average molecular weight is 499 g/mol. The third-order valence-electron chi connectivity index (χ3n) is 7.83. The van der Waals surface area contributed by atoms with E-state index in [2.05, 4.69) is 44.5 Å². The number of benzene rings is 2. The molecule has 2 aliphatic heterocycles. The summed E-state index contributed by atoms with van der Waals surface area (Å²) >= 11 is 0. The van der Waals surface area contributed by atoms with Gasteiger partial charge in [0, 0.05) is 31.6 Å². The molecule has 2 atom stereocenters. The Kier molecular flexibility index (Phi) is 6.00. The van der Waals surface area contributed by atoms with E-state index < -0.39 is 11.2 Å². The van der Waals surface area contributed by atoms with Crippen molar-refractivity contribution in [3.63, 3.8) is 0 Å². The minimum atomic E-state index is -0.555. The number of amides is 1. The molecule has 1 amide bonds. The maximum absolute atomic E-state index is 13.2. The van der Waals surface area contributed by atoms with Gasteiger partial charge in [0.2, 0.25) is 5.91 Å². The van der Waals surface area contributed by atoms with Crippen molar-refractivity contribution in [2.24, 2.45) is 0 Å². The van der Waals surface area contributed by atoms with Gasteiger partial charge in [-0.2, -0.15) is 0 Å². The quantitative estimate of drug-likeness (QED) is 0.425. The van der Waals surface area contributed by atoms with E-state index in [-0.39, 0.29) is 17.5 Å². The van der Waals surface area contributed by atoms with E-state index in [1.807, 2.05) is 10.6 Å². The number of aromatic amines is 1. The summed E-state index contributed by atoms with van der Waals surface area (Å²) in [5, 5.41) is 2.80. The Morgan fingerprint density at radius 3 is 2.43 bits per heavy atom. The topological polar surface area (TPSA) is 105 Å². The van der Waals surface area contributed by atoms with Gasteiger partial charge in [-0.3, -0.25) is 19.5 Å². The highest BCUT2D eigenvalue weighted by Gasteiger charge is 2.41. The van der Waals surface area contributed by atoms with Gasteiger partial charge in [-0.15, -0.1) is 0 Å². The predicted octanol–water partition coefficient (Wildman–Crippen LogP) is 3.24. The number of hydrogen-bond acceptors (Lipinski definition) is 5. The van der Waals surface area contributed by atoms with E-state index >= 15 is 0 Å². The maximum atomic E-state index is 13.2. The Bertz CT molecular complexity index is 1560. The van der Waals surface area contributed by atoms with Crippen molar-refractivity contribution < 1.29 is 4.79 Å². The van der Waals surface area contributed by atoms with Crippen LogP contribution in [0.3, 0.4) is 0 Å². The van der Waals surface area contributed by atoms with Crippen molar-refractivity contribution in [2.45, 2.75) is 57.2 Å². The van der Waals surface area contributed by atoms with E-state index in [1.165, 1.54) is 17.1 Å². The lowest BCUT2D eigenvalue weighted by atomic mass is 9.96. The molecule has 4 heterocycles. The van der Waals surface area contributed by atoms with Crippen LogP contribution >= 0.6 is 0 Å². The molecule has 37 heavy (non-hydrogen) atoms.